The van der Waals surface area contributed by atoms with E-state index in [0.29, 0.717) is 27.3 Å². The molecule has 10 nitrogen and oxygen atoms in total. The van der Waals surface area contributed by atoms with E-state index in [1.54, 1.807) is 10.3 Å². The summed E-state index contributed by atoms with van der Waals surface area (Å²) in [4.78, 5) is 43.8. The van der Waals surface area contributed by atoms with Gasteiger partial charge in [0.25, 0.3) is 5.91 Å². The molecule has 1 fully saturated rings. The van der Waals surface area contributed by atoms with Gasteiger partial charge in [0.15, 0.2) is 5.13 Å². The molecule has 3 amide bonds. The van der Waals surface area contributed by atoms with Crippen LogP contribution in [0.3, 0.4) is 0 Å². The summed E-state index contributed by atoms with van der Waals surface area (Å²) in [7, 11) is 0. The largest absolute Gasteiger partial charge is 0.469 e. The van der Waals surface area contributed by atoms with Crippen molar-refractivity contribution >= 4 is 80.1 Å². The quantitative estimate of drug-likeness (QED) is 0.193. The van der Waals surface area contributed by atoms with Crippen LogP contribution >= 0.6 is 46.7 Å². The molecule has 14 heteroatoms. The van der Waals surface area contributed by atoms with Gasteiger partial charge in [-0.25, -0.2) is 4.98 Å². The van der Waals surface area contributed by atoms with Crippen LogP contribution in [0.25, 0.3) is 5.57 Å². The number of benzene rings is 2. The molecule has 2 N–H and O–H groups in total. The molecule has 2 aromatic heterocycles. The van der Waals surface area contributed by atoms with Crippen molar-refractivity contribution in [2.75, 3.05) is 11.1 Å². The smallest absolute Gasteiger partial charge is 0.253 e. The van der Waals surface area contributed by atoms with E-state index in [1.165, 1.54) is 41.4 Å². The Morgan fingerprint density at radius 1 is 1.09 bits per heavy atom. The van der Waals surface area contributed by atoms with Gasteiger partial charge in [-0.1, -0.05) is 72.0 Å². The standard InChI is InChI=1S/C30H26N6O4S4/c1-16(37)31-30-32-20(14-43-30)13-22(38)33-23-27(39)36-24(21(15-42-28(23)36)26-35-34-17(2)44-26)29(41)40-25(18-9-5-3-6-10-18)19-11-7-4-8-12-19/h3-12,14,23,25,28H,13,15H2,1-2H3,(H,33,38)(H,31,32,37)/t23-,28-/m1/s1. The van der Waals surface area contributed by atoms with Gasteiger partial charge in [-0.15, -0.1) is 33.3 Å². The van der Waals surface area contributed by atoms with Crippen LogP contribution in [0.15, 0.2) is 71.7 Å². The Labute approximate surface area is 270 Å². The number of amides is 3. The van der Waals surface area contributed by atoms with E-state index >= 15 is 0 Å². The molecule has 0 bridgehead atoms. The fourth-order valence-corrected chi connectivity index (χ4v) is 8.17. The van der Waals surface area contributed by atoms with Crippen molar-refractivity contribution in [1.82, 2.24) is 25.4 Å². The summed E-state index contributed by atoms with van der Waals surface area (Å²) in [6, 6.07) is 18.8. The molecule has 4 heterocycles. The number of carbonyl (C=O) groups is 3. The maximum Gasteiger partial charge on any atom is 0.253 e. The van der Waals surface area contributed by atoms with Gasteiger partial charge in [0.2, 0.25) is 16.9 Å². The number of carbonyl (C=O) groups excluding carboxylic acids is 3. The van der Waals surface area contributed by atoms with Crippen molar-refractivity contribution in [3.63, 3.8) is 0 Å². The third-order valence-electron chi connectivity index (χ3n) is 6.87. The monoisotopic (exact) mass is 662 g/mol. The average Bonchev–Trinajstić information content (AvgIpc) is 3.66. The highest BCUT2D eigenvalue weighted by Crippen LogP contribution is 2.45. The summed E-state index contributed by atoms with van der Waals surface area (Å²) in [5, 5.41) is 17.4. The van der Waals surface area contributed by atoms with E-state index in [-0.39, 0.29) is 34.6 Å². The lowest BCUT2D eigenvalue weighted by Gasteiger charge is -2.50. The number of thioether (sulfide) groups is 1. The second-order valence-corrected chi connectivity index (χ2v) is 13.5. The maximum absolute atomic E-state index is 13.7. The number of ether oxygens (including phenoxy) is 1. The molecule has 224 valence electrons. The second-order valence-electron chi connectivity index (χ2n) is 10.0. The number of rotatable bonds is 9. The van der Waals surface area contributed by atoms with E-state index < -0.39 is 12.1 Å². The molecule has 0 unspecified atom stereocenters. The van der Waals surface area contributed by atoms with Gasteiger partial charge < -0.3 is 15.4 Å². The number of fused-ring (bicyclic) bond motifs is 1. The number of aromatic nitrogens is 3. The number of hydrogen-bond donors (Lipinski definition) is 2. The predicted molar refractivity (Wildman–Crippen MR) is 175 cm³/mol. The molecular formula is C30H26N6O4S4. The number of β-lactam (4-membered cyclic amide) rings is 1. The Morgan fingerprint density at radius 2 is 1.77 bits per heavy atom. The number of thiazole rings is 1. The molecule has 0 saturated carbocycles. The van der Waals surface area contributed by atoms with Crippen molar-refractivity contribution in [2.24, 2.45) is 0 Å². The van der Waals surface area contributed by atoms with Gasteiger partial charge in [0, 0.05) is 23.6 Å². The van der Waals surface area contributed by atoms with Gasteiger partial charge >= 0.3 is 0 Å². The number of aryl methyl sites for hydroxylation is 1. The van der Waals surface area contributed by atoms with Crippen LogP contribution in [-0.4, -0.2) is 60.0 Å². The normalized spacial score (nSPS) is 17.6. The second kappa shape index (κ2) is 12.9. The number of nitrogens with zero attached hydrogens (tertiary/aromatic N) is 4. The molecule has 0 spiro atoms. The van der Waals surface area contributed by atoms with Gasteiger partial charge in [-0.2, -0.15) is 0 Å². The fourth-order valence-electron chi connectivity index (χ4n) is 4.92. The van der Waals surface area contributed by atoms with Crippen molar-refractivity contribution in [1.29, 1.82) is 0 Å². The lowest BCUT2D eigenvalue weighted by molar-refractivity contribution is -0.145. The zero-order valence-corrected chi connectivity index (χ0v) is 26.8. The topological polar surface area (TPSA) is 126 Å². The van der Waals surface area contributed by atoms with Crippen LogP contribution < -0.4 is 10.6 Å². The molecule has 44 heavy (non-hydrogen) atoms. The summed E-state index contributed by atoms with van der Waals surface area (Å²) in [6.07, 6.45) is -0.526. The molecule has 2 atom stereocenters. The van der Waals surface area contributed by atoms with E-state index in [1.807, 2.05) is 67.6 Å². The highest BCUT2D eigenvalue weighted by molar-refractivity contribution is 8.00. The van der Waals surface area contributed by atoms with Crippen molar-refractivity contribution < 1.29 is 19.1 Å². The Morgan fingerprint density at radius 3 is 2.39 bits per heavy atom. The molecule has 1 saturated heterocycles. The first-order valence-corrected chi connectivity index (χ1v) is 16.7. The van der Waals surface area contributed by atoms with E-state index in [9.17, 15) is 14.4 Å². The molecular weight excluding hydrogens is 637 g/mol. The molecule has 2 aliphatic heterocycles. The van der Waals surface area contributed by atoms with Crippen LogP contribution in [0, 0.1) is 6.92 Å². The van der Waals surface area contributed by atoms with E-state index in [4.69, 9.17) is 17.0 Å². The highest BCUT2D eigenvalue weighted by atomic mass is 32.2. The Balaban J connectivity index is 1.25. The van der Waals surface area contributed by atoms with Gasteiger partial charge in [-0.05, 0) is 30.3 Å². The number of thiocarbonyl (C=S) groups is 1. The van der Waals surface area contributed by atoms with Gasteiger partial charge in [-0.3, -0.25) is 19.3 Å². The molecule has 6 rings (SSSR count). The van der Waals surface area contributed by atoms with Gasteiger partial charge in [0.1, 0.15) is 33.2 Å². The van der Waals surface area contributed by atoms with Crippen molar-refractivity contribution in [3.8, 4) is 0 Å². The summed E-state index contributed by atoms with van der Waals surface area (Å²) >= 11 is 10.1. The maximum atomic E-state index is 13.7. The SMILES string of the molecule is CC(=O)Nc1nc(CC(=O)N[C@@H]2C(=O)N3C(C(=S)OC(c4ccccc4)c4ccccc4)=C(c4nnc(C)s4)CS[C@H]23)cs1. The average molecular weight is 663 g/mol. The molecule has 0 aliphatic carbocycles. The van der Waals surface area contributed by atoms with Crippen LogP contribution in [0.1, 0.15) is 39.9 Å². The Bertz CT molecular complexity index is 1720. The minimum absolute atomic E-state index is 0.0212. The summed E-state index contributed by atoms with van der Waals surface area (Å²) in [5.74, 6) is -0.366. The van der Waals surface area contributed by atoms with Crippen molar-refractivity contribution in [3.05, 3.63) is 98.6 Å². The van der Waals surface area contributed by atoms with Crippen LogP contribution in [0.5, 0.6) is 0 Å². The van der Waals surface area contributed by atoms with Crippen LogP contribution in [0.4, 0.5) is 5.13 Å². The van der Waals surface area contributed by atoms with Crippen molar-refractivity contribution in [2.45, 2.75) is 37.8 Å². The zero-order chi connectivity index (χ0) is 30.8. The van der Waals surface area contributed by atoms with Crippen LogP contribution in [0.2, 0.25) is 0 Å². The van der Waals surface area contributed by atoms with E-state index in [0.717, 1.165) is 21.7 Å². The summed E-state index contributed by atoms with van der Waals surface area (Å²) in [6.45, 7) is 3.27. The molecule has 2 aliphatic rings. The minimum Gasteiger partial charge on any atom is -0.469 e. The highest BCUT2D eigenvalue weighted by Gasteiger charge is 2.54. The molecule has 4 aromatic rings. The summed E-state index contributed by atoms with van der Waals surface area (Å²) < 4.78 is 6.55. The minimum atomic E-state index is -0.740. The molecule has 2 aromatic carbocycles. The number of nitrogens with one attached hydrogen (secondary N) is 2. The first kappa shape index (κ1) is 30.1. The summed E-state index contributed by atoms with van der Waals surface area (Å²) in [5.41, 5.74) is 3.59. The third-order valence-corrected chi connectivity index (χ3v) is 10.1. The Kier molecular flexibility index (Phi) is 8.84. The van der Waals surface area contributed by atoms with Gasteiger partial charge in [0.05, 0.1) is 12.1 Å². The Hall–Kier alpha value is -3.98. The third kappa shape index (κ3) is 6.29. The first-order chi connectivity index (χ1) is 21.3. The number of hydrogen-bond acceptors (Lipinski definition) is 11. The number of anilines is 1. The predicted octanol–water partition coefficient (Wildman–Crippen LogP) is 4.75. The lowest BCUT2D eigenvalue weighted by Crippen LogP contribution is -2.70. The first-order valence-electron chi connectivity index (χ1n) is 13.6. The van der Waals surface area contributed by atoms with E-state index in [2.05, 4.69) is 25.8 Å². The van der Waals surface area contributed by atoms with Crippen LogP contribution in [-0.2, 0) is 25.5 Å². The lowest BCUT2D eigenvalue weighted by atomic mass is 10.0. The molecule has 0 radical (unpaired) electrons. The fraction of sp³-hybridized carbons (Fsp3) is 0.233. The zero-order valence-electron chi connectivity index (χ0n) is 23.6.